The fraction of sp³-hybridized carbons (Fsp3) is 0.591. The van der Waals surface area contributed by atoms with E-state index in [1.54, 1.807) is 65.8 Å². The van der Waals surface area contributed by atoms with E-state index in [1.165, 1.54) is 7.11 Å². The molecular weight excluding hydrogens is 470 g/mol. The van der Waals surface area contributed by atoms with Crippen molar-refractivity contribution in [3.63, 3.8) is 0 Å². The second-order valence-electron chi connectivity index (χ2n) is 8.76. The summed E-state index contributed by atoms with van der Waals surface area (Å²) in [6, 6.07) is 6.82. The fourth-order valence-corrected chi connectivity index (χ4v) is 2.78. The number of amides is 2. The van der Waals surface area contributed by atoms with Gasteiger partial charge in [0.05, 0.1) is 13.7 Å². The maximum Gasteiger partial charge on any atom is 0.420 e. The number of esters is 1. The zero-order valence-corrected chi connectivity index (χ0v) is 20.8. The van der Waals surface area contributed by atoms with Crippen LogP contribution >= 0.6 is 15.9 Å². The smallest absolute Gasteiger partial charge is 0.420 e. The topological polar surface area (TPSA) is 91.4 Å². The quantitative estimate of drug-likeness (QED) is 0.292. The number of benzene rings is 1. The predicted octanol–water partition coefficient (Wildman–Crippen LogP) is 5.06. The second kappa shape index (κ2) is 11.4. The van der Waals surface area contributed by atoms with Crippen molar-refractivity contribution in [2.45, 2.75) is 71.8 Å². The van der Waals surface area contributed by atoms with Gasteiger partial charge in [0.15, 0.2) is 6.10 Å². The van der Waals surface area contributed by atoms with Gasteiger partial charge in [0.2, 0.25) is 0 Å². The summed E-state index contributed by atoms with van der Waals surface area (Å²) in [6.07, 6.45) is -2.16. The number of alkyl halides is 1. The number of ether oxygens (including phenoxy) is 4. The summed E-state index contributed by atoms with van der Waals surface area (Å²) in [6.45, 7) is 10.1. The first-order chi connectivity index (χ1) is 14.3. The van der Waals surface area contributed by atoms with E-state index in [-0.39, 0.29) is 6.54 Å². The Balaban J connectivity index is 3.23. The third kappa shape index (κ3) is 9.59. The molecule has 8 nitrogen and oxygen atoms in total. The van der Waals surface area contributed by atoms with Gasteiger partial charge in [-0.1, -0.05) is 34.1 Å². The maximum atomic E-state index is 12.8. The summed E-state index contributed by atoms with van der Waals surface area (Å²) in [5.74, 6) is -0.179. The molecule has 0 spiro atoms. The van der Waals surface area contributed by atoms with E-state index in [2.05, 4.69) is 15.9 Å². The third-order valence-corrected chi connectivity index (χ3v) is 4.09. The normalized spacial score (nSPS) is 12.5. The molecule has 9 heteroatoms. The lowest BCUT2D eigenvalue weighted by Gasteiger charge is -2.29. The zero-order chi connectivity index (χ0) is 23.8. The number of halogens is 1. The van der Waals surface area contributed by atoms with Crippen molar-refractivity contribution >= 4 is 34.1 Å². The summed E-state index contributed by atoms with van der Waals surface area (Å²) >= 11 is 3.30. The highest BCUT2D eigenvalue weighted by Gasteiger charge is 2.32. The summed E-state index contributed by atoms with van der Waals surface area (Å²) < 4.78 is 21.4. The number of methoxy groups -OCH3 is 1. The lowest BCUT2D eigenvalue weighted by molar-refractivity contribution is -0.148. The molecule has 0 saturated carbocycles. The Kier molecular flexibility index (Phi) is 9.80. The SMILES string of the molecule is COC(=O)C(CCBr)Oc1ccccc1CN(C(=O)OC(C)(C)C)C(=O)OC(C)(C)C. The number of carbonyl (C=O) groups excluding carboxylic acids is 3. The van der Waals surface area contributed by atoms with Gasteiger partial charge in [0.25, 0.3) is 0 Å². The van der Waals surface area contributed by atoms with Gasteiger partial charge in [0, 0.05) is 17.3 Å². The predicted molar refractivity (Wildman–Crippen MR) is 119 cm³/mol. The first kappa shape index (κ1) is 26.7. The Hall–Kier alpha value is -2.29. The Morgan fingerprint density at radius 1 is 0.968 bits per heavy atom. The van der Waals surface area contributed by atoms with Crippen LogP contribution in [0, 0.1) is 0 Å². The number of nitrogens with zero attached hydrogens (tertiary/aromatic N) is 1. The molecule has 0 aliphatic rings. The Bertz CT molecular complexity index is 740. The minimum absolute atomic E-state index is 0.164. The van der Waals surface area contributed by atoms with Crippen LogP contribution in [0.1, 0.15) is 53.5 Å². The van der Waals surface area contributed by atoms with Crippen LogP contribution < -0.4 is 4.74 Å². The van der Waals surface area contributed by atoms with Crippen molar-refractivity contribution < 1.29 is 33.3 Å². The first-order valence-electron chi connectivity index (χ1n) is 9.89. The fourth-order valence-electron chi connectivity index (χ4n) is 2.37. The maximum absolute atomic E-state index is 12.8. The number of imide groups is 1. The number of carbonyl (C=O) groups is 3. The van der Waals surface area contributed by atoms with Crippen LogP contribution in [-0.2, 0) is 25.5 Å². The summed E-state index contributed by atoms with van der Waals surface area (Å²) in [5.41, 5.74) is -1.11. The molecule has 0 saturated heterocycles. The van der Waals surface area contributed by atoms with Gasteiger partial charge >= 0.3 is 18.2 Å². The van der Waals surface area contributed by atoms with Crippen molar-refractivity contribution in [3.05, 3.63) is 29.8 Å². The molecule has 2 amide bonds. The molecular formula is C22H32BrNO7. The van der Waals surface area contributed by atoms with E-state index in [9.17, 15) is 14.4 Å². The Morgan fingerprint density at radius 2 is 1.48 bits per heavy atom. The van der Waals surface area contributed by atoms with E-state index in [1.807, 2.05) is 0 Å². The van der Waals surface area contributed by atoms with Crippen molar-refractivity contribution in [2.24, 2.45) is 0 Å². The molecule has 174 valence electrons. The molecule has 0 radical (unpaired) electrons. The molecule has 1 aromatic carbocycles. The van der Waals surface area contributed by atoms with E-state index in [0.29, 0.717) is 23.1 Å². The van der Waals surface area contributed by atoms with Crippen LogP contribution in [0.3, 0.4) is 0 Å². The van der Waals surface area contributed by atoms with Crippen molar-refractivity contribution in [2.75, 3.05) is 12.4 Å². The van der Waals surface area contributed by atoms with Crippen LogP contribution in [0.25, 0.3) is 0 Å². The van der Waals surface area contributed by atoms with Gasteiger partial charge in [-0.05, 0) is 47.6 Å². The zero-order valence-electron chi connectivity index (χ0n) is 19.2. The lowest BCUT2D eigenvalue weighted by atomic mass is 10.1. The van der Waals surface area contributed by atoms with Gasteiger partial charge in [-0.25, -0.2) is 19.3 Å². The largest absolute Gasteiger partial charge is 0.478 e. The number of hydrogen-bond donors (Lipinski definition) is 0. The molecule has 0 aromatic heterocycles. The number of para-hydroxylation sites is 1. The second-order valence-corrected chi connectivity index (χ2v) is 9.55. The molecule has 31 heavy (non-hydrogen) atoms. The number of rotatable bonds is 7. The highest BCUT2D eigenvalue weighted by atomic mass is 79.9. The van der Waals surface area contributed by atoms with Gasteiger partial charge in [0.1, 0.15) is 17.0 Å². The Labute approximate surface area is 192 Å². The van der Waals surface area contributed by atoms with E-state index in [0.717, 1.165) is 4.90 Å². The van der Waals surface area contributed by atoms with Crippen LogP contribution in [0.4, 0.5) is 9.59 Å². The van der Waals surface area contributed by atoms with Crippen LogP contribution in [0.5, 0.6) is 5.75 Å². The molecule has 0 N–H and O–H groups in total. The molecule has 0 fully saturated rings. The minimum Gasteiger partial charge on any atom is -0.478 e. The summed E-state index contributed by atoms with van der Waals surface area (Å²) in [5, 5.41) is 0.525. The van der Waals surface area contributed by atoms with Gasteiger partial charge < -0.3 is 18.9 Å². The monoisotopic (exact) mass is 501 g/mol. The highest BCUT2D eigenvalue weighted by molar-refractivity contribution is 9.09. The molecule has 1 rings (SSSR count). The molecule has 0 aliphatic heterocycles. The average Bonchev–Trinajstić information content (AvgIpc) is 2.63. The van der Waals surface area contributed by atoms with Gasteiger partial charge in [-0.3, -0.25) is 0 Å². The van der Waals surface area contributed by atoms with E-state index in [4.69, 9.17) is 18.9 Å². The molecule has 1 unspecified atom stereocenters. The van der Waals surface area contributed by atoms with Crippen LogP contribution in [0.2, 0.25) is 0 Å². The third-order valence-electron chi connectivity index (χ3n) is 3.63. The average molecular weight is 502 g/mol. The van der Waals surface area contributed by atoms with Gasteiger partial charge in [-0.2, -0.15) is 0 Å². The summed E-state index contributed by atoms with van der Waals surface area (Å²) in [7, 11) is 1.28. The summed E-state index contributed by atoms with van der Waals surface area (Å²) in [4.78, 5) is 38.4. The molecule has 0 heterocycles. The molecule has 0 aliphatic carbocycles. The molecule has 1 aromatic rings. The van der Waals surface area contributed by atoms with Crippen molar-refractivity contribution in [1.29, 1.82) is 0 Å². The first-order valence-corrected chi connectivity index (χ1v) is 11.0. The molecule has 1 atom stereocenters. The molecule has 0 bridgehead atoms. The lowest BCUT2D eigenvalue weighted by Crippen LogP contribution is -2.43. The van der Waals surface area contributed by atoms with Crippen LogP contribution in [-0.4, -0.2) is 52.8 Å². The van der Waals surface area contributed by atoms with Crippen LogP contribution in [0.15, 0.2) is 24.3 Å². The minimum atomic E-state index is -0.846. The number of hydrogen-bond acceptors (Lipinski definition) is 7. The Morgan fingerprint density at radius 3 is 1.94 bits per heavy atom. The highest BCUT2D eigenvalue weighted by Crippen LogP contribution is 2.25. The van der Waals surface area contributed by atoms with E-state index >= 15 is 0 Å². The van der Waals surface area contributed by atoms with E-state index < -0.39 is 35.5 Å². The van der Waals surface area contributed by atoms with Crippen molar-refractivity contribution in [3.8, 4) is 5.75 Å². The van der Waals surface area contributed by atoms with Gasteiger partial charge in [-0.15, -0.1) is 0 Å². The van der Waals surface area contributed by atoms with Crippen molar-refractivity contribution in [1.82, 2.24) is 4.90 Å². The standard InChI is InChI=1S/C22H32BrNO7/c1-21(2,3)30-19(26)24(20(27)31-22(4,5)6)14-15-10-8-9-11-16(15)29-17(12-13-23)18(25)28-7/h8-11,17H,12-14H2,1-7H3.